The van der Waals surface area contributed by atoms with Crippen LogP contribution >= 0.6 is 0 Å². The van der Waals surface area contributed by atoms with E-state index in [1.807, 2.05) is 0 Å². The normalized spacial score (nSPS) is 11.4. The number of hydrogen-bond acceptors (Lipinski definition) is 2. The first-order valence-electron chi connectivity index (χ1n) is 48.6. The van der Waals surface area contributed by atoms with Gasteiger partial charge in [0.1, 0.15) is 0 Å². The lowest BCUT2D eigenvalue weighted by atomic mass is 10.00. The summed E-state index contributed by atoms with van der Waals surface area (Å²) >= 11 is 0. The molecule has 0 spiro atoms. The van der Waals surface area contributed by atoms with Crippen LogP contribution in [-0.2, 0) is 0 Å². The van der Waals surface area contributed by atoms with E-state index in [0.717, 1.165) is 51.2 Å². The molecule has 4 aromatic heterocycles. The van der Waals surface area contributed by atoms with Gasteiger partial charge in [0.05, 0.1) is 33.1 Å². The Bertz CT molecular complexity index is 9140. The van der Waals surface area contributed by atoms with Gasteiger partial charge in [0, 0.05) is 90.8 Å². The number of benzene rings is 23. The summed E-state index contributed by atoms with van der Waals surface area (Å²) in [6.45, 7) is 0. The van der Waals surface area contributed by atoms with E-state index in [9.17, 15) is 0 Å². The molecule has 27 rings (SSSR count). The van der Waals surface area contributed by atoms with Crippen molar-refractivity contribution in [3.8, 4) is 101 Å². The molecule has 0 saturated heterocycles. The molecule has 4 heterocycles. The van der Waals surface area contributed by atoms with Gasteiger partial charge in [0.25, 0.3) is 0 Å². The highest BCUT2D eigenvalue weighted by Crippen LogP contribution is 2.46. The number of para-hydroxylation sites is 5. The first kappa shape index (κ1) is 84.8. The maximum Gasteiger partial charge on any atom is 0.0547 e. The lowest BCUT2D eigenvalue weighted by molar-refractivity contribution is 1.13. The Balaban J connectivity index is 0.000000112. The van der Waals surface area contributed by atoms with Gasteiger partial charge in [-0.3, -0.25) is 0 Å². The molecule has 142 heavy (non-hydrogen) atoms. The molecule has 0 aliphatic carbocycles. The van der Waals surface area contributed by atoms with E-state index in [1.54, 1.807) is 0 Å². The summed E-state index contributed by atoms with van der Waals surface area (Å²) in [7, 11) is 0. The smallest absolute Gasteiger partial charge is 0.0547 e. The molecule has 668 valence electrons. The summed E-state index contributed by atoms with van der Waals surface area (Å²) in [6, 6.07) is 201. The second kappa shape index (κ2) is 37.3. The lowest BCUT2D eigenvalue weighted by Crippen LogP contribution is -2.09. The van der Waals surface area contributed by atoms with Gasteiger partial charge >= 0.3 is 0 Å². The molecule has 0 radical (unpaired) electrons. The molecule has 6 heteroatoms. The summed E-state index contributed by atoms with van der Waals surface area (Å²) in [5, 5.41) is 15.3. The first-order valence-corrected chi connectivity index (χ1v) is 48.6. The first-order chi connectivity index (χ1) is 70.4. The van der Waals surface area contributed by atoms with Crippen LogP contribution in [0.4, 0.5) is 34.1 Å². The molecule has 23 aromatic carbocycles. The van der Waals surface area contributed by atoms with Crippen LogP contribution in [0.3, 0.4) is 0 Å². The molecule has 0 aliphatic heterocycles. The third kappa shape index (κ3) is 16.3. The topological polar surface area (TPSA) is 26.2 Å². The summed E-state index contributed by atoms with van der Waals surface area (Å²) < 4.78 is 9.29. The largest absolute Gasteiger partial charge is 0.317 e. The summed E-state index contributed by atoms with van der Waals surface area (Å²) in [4.78, 5) is 4.65. The number of fused-ring (bicyclic) bond motifs is 13. The zero-order chi connectivity index (χ0) is 94.2. The molecular formula is C136H94N6. The molecular weight excluding hydrogens is 1720 g/mol. The second-order valence-corrected chi connectivity index (χ2v) is 36.4. The Labute approximate surface area is 825 Å². The van der Waals surface area contributed by atoms with Gasteiger partial charge in [-0.2, -0.15) is 0 Å². The number of aromatic nitrogens is 4. The third-order valence-corrected chi connectivity index (χ3v) is 28.0. The molecule has 0 atom stereocenters. The average molecular weight is 1810 g/mol. The van der Waals surface area contributed by atoms with Crippen LogP contribution in [0.15, 0.2) is 570 Å². The number of anilines is 6. The summed E-state index contributed by atoms with van der Waals surface area (Å²) in [6.07, 6.45) is 4.28. The molecule has 27 aromatic rings. The fourth-order valence-corrected chi connectivity index (χ4v) is 20.9. The van der Waals surface area contributed by atoms with Crippen molar-refractivity contribution >= 4 is 132 Å². The zero-order valence-corrected chi connectivity index (χ0v) is 78.0. The minimum Gasteiger partial charge on any atom is -0.317 e. The maximum atomic E-state index is 2.43. The van der Waals surface area contributed by atoms with Crippen molar-refractivity contribution < 1.29 is 0 Å². The fraction of sp³-hybridized carbons (Fsp3) is 0. The van der Waals surface area contributed by atoms with Crippen molar-refractivity contribution in [3.63, 3.8) is 0 Å². The Morgan fingerprint density at radius 2 is 0.380 bits per heavy atom. The van der Waals surface area contributed by atoms with Gasteiger partial charge in [-0.25, -0.2) is 0 Å². The number of hydrogen-bond donors (Lipinski definition) is 0. The lowest BCUT2D eigenvalue weighted by Gasteiger charge is -2.26. The van der Waals surface area contributed by atoms with Gasteiger partial charge in [-0.1, -0.05) is 376 Å². The standard InChI is InChI=1S/C48H34N2.C44H28N2.C44H32N2/c1-2-8-35(9-3-1)37-18-26-45(27-19-37)50(47-30-22-40(23-31-47)43-15-14-36-10-4-5-12-42(36)34-43)46-28-20-39(21-29-46)38-16-24-44(25-17-38)49-33-32-41-11-6-7-13-48(41)49;1-2-12-33(13-3-1)45-39-17-9-8-16-37(39)38-28-32(22-25-40(38)45)29-18-23-34(24-19-29)46-41-26-20-30-10-4-6-14-35(30)43(41)44-36-15-7-5-11-31(36)21-27-42(44)46;1-3-9-33(10-4-1)34-15-17-35(18-16-34)37-21-27-42(28-22-37)46(41-12-5-2-6-13-41)43-29-23-38(24-30-43)36-19-25-40(26-20-36)45-32-31-39-11-7-8-14-44(39)45/h1-34H;1-28H;1-32H. The van der Waals surface area contributed by atoms with E-state index in [0.29, 0.717) is 0 Å². The predicted molar refractivity (Wildman–Crippen MR) is 602 cm³/mol. The van der Waals surface area contributed by atoms with Crippen LogP contribution in [0.1, 0.15) is 0 Å². The monoisotopic (exact) mass is 1810 g/mol. The highest BCUT2D eigenvalue weighted by Gasteiger charge is 2.22. The molecule has 0 unspecified atom stereocenters. The Hall–Kier alpha value is -18.9. The van der Waals surface area contributed by atoms with Crippen molar-refractivity contribution in [3.05, 3.63) is 570 Å². The van der Waals surface area contributed by atoms with Crippen LogP contribution in [0, 0.1) is 0 Å². The van der Waals surface area contributed by atoms with Crippen molar-refractivity contribution in [1.82, 2.24) is 18.3 Å². The summed E-state index contributed by atoms with van der Waals surface area (Å²) in [5.41, 5.74) is 35.6. The highest BCUT2D eigenvalue weighted by atomic mass is 15.1. The SMILES string of the molecule is c1ccc(-c2ccc(-c3ccc(N(c4ccccc4)c4ccc(-c5ccc(-n6ccc7ccccc76)cc5)cc4)cc3)cc2)cc1.c1ccc(-c2ccc(N(c3ccc(-c4ccc(-n5ccc6ccccc65)cc4)cc3)c3ccc(-c4ccc5ccccc5c4)cc3)cc2)cc1.c1ccc(-n2c3ccccc3c3cc(-c4ccc(-n5c6ccc7ccccc7c6c6c7ccccc7ccc65)cc4)ccc32)cc1. The van der Waals surface area contributed by atoms with Crippen LogP contribution in [0.25, 0.3) is 198 Å². The van der Waals surface area contributed by atoms with Gasteiger partial charge in [0.15, 0.2) is 0 Å². The molecule has 0 amide bonds. The van der Waals surface area contributed by atoms with E-state index < -0.39 is 0 Å². The van der Waals surface area contributed by atoms with Crippen LogP contribution < -0.4 is 9.80 Å². The molecule has 0 fully saturated rings. The van der Waals surface area contributed by atoms with E-state index >= 15 is 0 Å². The van der Waals surface area contributed by atoms with Gasteiger partial charge in [-0.05, 0) is 303 Å². The quantitative estimate of drug-likeness (QED) is 0.0908. The zero-order valence-electron chi connectivity index (χ0n) is 78.0. The highest BCUT2D eigenvalue weighted by molar-refractivity contribution is 6.28. The maximum absolute atomic E-state index is 2.43. The minimum atomic E-state index is 1.11. The van der Waals surface area contributed by atoms with E-state index in [4.69, 9.17) is 0 Å². The van der Waals surface area contributed by atoms with Crippen LogP contribution in [0.5, 0.6) is 0 Å². The fourth-order valence-electron chi connectivity index (χ4n) is 20.9. The third-order valence-electron chi connectivity index (χ3n) is 28.0. The van der Waals surface area contributed by atoms with E-state index in [2.05, 4.69) is 599 Å². The average Bonchev–Trinajstić information content (AvgIpc) is 1.55. The molecule has 0 bridgehead atoms. The van der Waals surface area contributed by atoms with E-state index in [1.165, 1.54) is 181 Å². The number of nitrogens with zero attached hydrogens (tertiary/aromatic N) is 6. The van der Waals surface area contributed by atoms with Crippen LogP contribution in [0.2, 0.25) is 0 Å². The van der Waals surface area contributed by atoms with Crippen molar-refractivity contribution in [2.24, 2.45) is 0 Å². The van der Waals surface area contributed by atoms with Gasteiger partial charge < -0.3 is 28.1 Å². The Morgan fingerprint density at radius 3 is 0.803 bits per heavy atom. The van der Waals surface area contributed by atoms with Gasteiger partial charge in [-0.15, -0.1) is 0 Å². The van der Waals surface area contributed by atoms with Crippen molar-refractivity contribution in [2.45, 2.75) is 0 Å². The number of rotatable bonds is 17. The van der Waals surface area contributed by atoms with Gasteiger partial charge in [0.2, 0.25) is 0 Å². The second-order valence-electron chi connectivity index (χ2n) is 36.4. The molecule has 0 N–H and O–H groups in total. The minimum absolute atomic E-state index is 1.11. The Morgan fingerprint density at radius 1 is 0.127 bits per heavy atom. The molecule has 6 nitrogen and oxygen atoms in total. The summed E-state index contributed by atoms with van der Waals surface area (Å²) in [5.74, 6) is 0. The van der Waals surface area contributed by atoms with Crippen molar-refractivity contribution in [2.75, 3.05) is 9.80 Å². The molecule has 0 aliphatic rings. The van der Waals surface area contributed by atoms with Crippen LogP contribution in [-0.4, -0.2) is 18.3 Å². The van der Waals surface area contributed by atoms with E-state index in [-0.39, 0.29) is 0 Å². The molecule has 0 saturated carbocycles. The predicted octanol–water partition coefficient (Wildman–Crippen LogP) is 37.2. The Kier molecular flexibility index (Phi) is 22.3. The van der Waals surface area contributed by atoms with Crippen molar-refractivity contribution in [1.29, 1.82) is 0 Å².